The largest absolute Gasteiger partial charge is 0.316 e. The highest BCUT2D eigenvalue weighted by atomic mass is 32.2. The Morgan fingerprint density at radius 3 is 2.60 bits per heavy atom. The first-order valence-electron chi connectivity index (χ1n) is 6.32. The second-order valence-electron chi connectivity index (χ2n) is 4.56. The van der Waals surface area contributed by atoms with Gasteiger partial charge in [-0.15, -0.1) is 11.3 Å². The standard InChI is InChI=1S/C14H18N2O2S2/c1-11(13-6-4-3-5-7-13)16-20(17,18)14-8-12(9-15-2)10-19-14/h3-8,10-11,15-16H,9H2,1-2H3. The van der Waals surface area contributed by atoms with Crippen molar-refractivity contribution in [3.8, 4) is 0 Å². The van der Waals surface area contributed by atoms with Crippen LogP contribution < -0.4 is 10.0 Å². The predicted molar refractivity (Wildman–Crippen MR) is 82.3 cm³/mol. The van der Waals surface area contributed by atoms with Crippen LogP contribution in [0.15, 0.2) is 46.0 Å². The third-order valence-electron chi connectivity index (χ3n) is 2.91. The van der Waals surface area contributed by atoms with Crippen molar-refractivity contribution in [3.05, 3.63) is 52.9 Å². The van der Waals surface area contributed by atoms with Gasteiger partial charge in [0.2, 0.25) is 0 Å². The molecule has 1 aromatic heterocycles. The molecule has 0 spiro atoms. The van der Waals surface area contributed by atoms with Crippen LogP contribution in [-0.4, -0.2) is 15.5 Å². The van der Waals surface area contributed by atoms with E-state index in [0.29, 0.717) is 10.8 Å². The lowest BCUT2D eigenvalue weighted by Crippen LogP contribution is -2.26. The highest BCUT2D eigenvalue weighted by Gasteiger charge is 2.20. The van der Waals surface area contributed by atoms with E-state index in [2.05, 4.69) is 10.0 Å². The predicted octanol–water partition coefficient (Wildman–Crippen LogP) is 2.51. The smallest absolute Gasteiger partial charge is 0.250 e. The topological polar surface area (TPSA) is 58.2 Å². The van der Waals surface area contributed by atoms with E-state index in [1.165, 1.54) is 11.3 Å². The van der Waals surface area contributed by atoms with Crippen LogP contribution in [0.5, 0.6) is 0 Å². The number of nitrogens with one attached hydrogen (secondary N) is 2. The van der Waals surface area contributed by atoms with Gasteiger partial charge in [0.15, 0.2) is 0 Å². The van der Waals surface area contributed by atoms with Crippen molar-refractivity contribution in [1.29, 1.82) is 0 Å². The lowest BCUT2D eigenvalue weighted by molar-refractivity contribution is 0.569. The van der Waals surface area contributed by atoms with E-state index in [1.807, 2.05) is 49.7 Å². The third-order valence-corrected chi connectivity index (χ3v) is 5.94. The van der Waals surface area contributed by atoms with Crippen LogP contribution in [0.3, 0.4) is 0 Å². The molecule has 0 aliphatic carbocycles. The molecular weight excluding hydrogens is 292 g/mol. The molecule has 6 heteroatoms. The number of hydrogen-bond acceptors (Lipinski definition) is 4. The van der Waals surface area contributed by atoms with Crippen molar-refractivity contribution in [3.63, 3.8) is 0 Å². The van der Waals surface area contributed by atoms with Gasteiger partial charge in [-0.05, 0) is 36.5 Å². The summed E-state index contributed by atoms with van der Waals surface area (Å²) in [5.41, 5.74) is 1.92. The SMILES string of the molecule is CNCc1csc(S(=O)(=O)NC(C)c2ccccc2)c1. The molecule has 0 bridgehead atoms. The molecule has 0 saturated carbocycles. The van der Waals surface area contributed by atoms with Crippen molar-refractivity contribution in [1.82, 2.24) is 10.0 Å². The second-order valence-corrected chi connectivity index (χ2v) is 7.41. The molecular formula is C14H18N2O2S2. The van der Waals surface area contributed by atoms with E-state index >= 15 is 0 Å². The lowest BCUT2D eigenvalue weighted by Gasteiger charge is -2.13. The van der Waals surface area contributed by atoms with Gasteiger partial charge in [-0.25, -0.2) is 13.1 Å². The zero-order valence-electron chi connectivity index (χ0n) is 11.5. The summed E-state index contributed by atoms with van der Waals surface area (Å²) in [6.07, 6.45) is 0. The van der Waals surface area contributed by atoms with E-state index in [-0.39, 0.29) is 6.04 Å². The second kappa shape index (κ2) is 6.49. The van der Waals surface area contributed by atoms with E-state index < -0.39 is 10.0 Å². The van der Waals surface area contributed by atoms with Crippen LogP contribution in [0.2, 0.25) is 0 Å². The molecule has 0 aliphatic rings. The number of benzene rings is 1. The Balaban J connectivity index is 2.14. The molecule has 0 amide bonds. The van der Waals surface area contributed by atoms with Crippen LogP contribution in [0.1, 0.15) is 24.1 Å². The van der Waals surface area contributed by atoms with E-state index in [0.717, 1.165) is 11.1 Å². The van der Waals surface area contributed by atoms with Crippen LogP contribution in [0.25, 0.3) is 0 Å². The summed E-state index contributed by atoms with van der Waals surface area (Å²) >= 11 is 1.24. The maximum atomic E-state index is 12.3. The van der Waals surface area contributed by atoms with Crippen LogP contribution in [0, 0.1) is 0 Å². The molecule has 0 saturated heterocycles. The molecule has 20 heavy (non-hydrogen) atoms. The molecule has 4 nitrogen and oxygen atoms in total. The molecule has 0 radical (unpaired) electrons. The normalized spacial score (nSPS) is 13.3. The number of rotatable bonds is 6. The minimum atomic E-state index is -3.46. The van der Waals surface area contributed by atoms with Crippen molar-refractivity contribution in [2.45, 2.75) is 23.7 Å². The van der Waals surface area contributed by atoms with E-state index in [1.54, 1.807) is 6.07 Å². The molecule has 108 valence electrons. The molecule has 1 aromatic carbocycles. The van der Waals surface area contributed by atoms with E-state index in [9.17, 15) is 8.42 Å². The van der Waals surface area contributed by atoms with Crippen molar-refractivity contribution in [2.75, 3.05) is 7.05 Å². The van der Waals surface area contributed by atoms with Gasteiger partial charge in [0, 0.05) is 12.6 Å². The fourth-order valence-electron chi connectivity index (χ4n) is 1.89. The highest BCUT2D eigenvalue weighted by molar-refractivity contribution is 7.91. The molecule has 0 aliphatic heterocycles. The van der Waals surface area contributed by atoms with Gasteiger partial charge in [-0.2, -0.15) is 0 Å². The maximum absolute atomic E-state index is 12.3. The van der Waals surface area contributed by atoms with Gasteiger partial charge in [-0.1, -0.05) is 30.3 Å². The summed E-state index contributed by atoms with van der Waals surface area (Å²) in [4.78, 5) is 0. The molecule has 1 unspecified atom stereocenters. The fourth-order valence-corrected chi connectivity index (χ4v) is 4.35. The molecule has 0 fully saturated rings. The summed E-state index contributed by atoms with van der Waals surface area (Å²) in [5.74, 6) is 0. The number of hydrogen-bond donors (Lipinski definition) is 2. The Labute approximate surface area is 123 Å². The van der Waals surface area contributed by atoms with Gasteiger partial charge in [0.25, 0.3) is 10.0 Å². The van der Waals surface area contributed by atoms with Crippen molar-refractivity contribution >= 4 is 21.4 Å². The third kappa shape index (κ3) is 3.67. The van der Waals surface area contributed by atoms with Crippen molar-refractivity contribution < 1.29 is 8.42 Å². The Morgan fingerprint density at radius 2 is 1.95 bits per heavy atom. The molecule has 2 aromatic rings. The summed E-state index contributed by atoms with van der Waals surface area (Å²) in [5, 5.41) is 4.87. The Morgan fingerprint density at radius 1 is 1.25 bits per heavy atom. The van der Waals surface area contributed by atoms with Gasteiger partial charge in [0.1, 0.15) is 4.21 Å². The summed E-state index contributed by atoms with van der Waals surface area (Å²) in [6, 6.07) is 11.0. The summed E-state index contributed by atoms with van der Waals surface area (Å²) < 4.78 is 27.7. The number of thiophene rings is 1. The summed E-state index contributed by atoms with van der Waals surface area (Å²) in [6.45, 7) is 2.51. The lowest BCUT2D eigenvalue weighted by atomic mass is 10.1. The highest BCUT2D eigenvalue weighted by Crippen LogP contribution is 2.22. The summed E-state index contributed by atoms with van der Waals surface area (Å²) in [7, 11) is -1.63. The fraction of sp³-hybridized carbons (Fsp3) is 0.286. The van der Waals surface area contributed by atoms with Crippen LogP contribution in [-0.2, 0) is 16.6 Å². The van der Waals surface area contributed by atoms with Crippen LogP contribution in [0.4, 0.5) is 0 Å². The maximum Gasteiger partial charge on any atom is 0.250 e. The zero-order valence-corrected chi connectivity index (χ0v) is 13.1. The average molecular weight is 310 g/mol. The first kappa shape index (κ1) is 15.2. The Hall–Kier alpha value is -1.21. The van der Waals surface area contributed by atoms with E-state index in [4.69, 9.17) is 0 Å². The monoisotopic (exact) mass is 310 g/mol. The van der Waals surface area contributed by atoms with Gasteiger partial charge in [0.05, 0.1) is 0 Å². The molecule has 1 heterocycles. The first-order valence-corrected chi connectivity index (χ1v) is 8.68. The van der Waals surface area contributed by atoms with Crippen molar-refractivity contribution in [2.24, 2.45) is 0 Å². The molecule has 2 N–H and O–H groups in total. The molecule has 2 rings (SSSR count). The number of sulfonamides is 1. The zero-order chi connectivity index (χ0) is 14.6. The Kier molecular flexibility index (Phi) is 4.93. The first-order chi connectivity index (χ1) is 9.53. The Bertz CT molecular complexity index is 651. The van der Waals surface area contributed by atoms with Gasteiger partial charge >= 0.3 is 0 Å². The quantitative estimate of drug-likeness (QED) is 0.862. The van der Waals surface area contributed by atoms with Crippen LogP contribution >= 0.6 is 11.3 Å². The molecule has 1 atom stereocenters. The minimum Gasteiger partial charge on any atom is -0.316 e. The minimum absolute atomic E-state index is 0.254. The van der Waals surface area contributed by atoms with Gasteiger partial charge < -0.3 is 5.32 Å². The average Bonchev–Trinajstić information content (AvgIpc) is 2.89. The van der Waals surface area contributed by atoms with Gasteiger partial charge in [-0.3, -0.25) is 0 Å².